The Morgan fingerprint density at radius 2 is 1.56 bits per heavy atom. The molecule has 0 aliphatic heterocycles. The molecule has 25 heavy (non-hydrogen) atoms. The van der Waals surface area contributed by atoms with Gasteiger partial charge in [-0.25, -0.2) is 0 Å². The fourth-order valence-corrected chi connectivity index (χ4v) is 2.14. The first-order valence-electron chi connectivity index (χ1n) is 8.42. The lowest BCUT2D eigenvalue weighted by atomic mass is 10.1. The zero-order valence-corrected chi connectivity index (χ0v) is 14.6. The molecule has 0 aliphatic carbocycles. The maximum absolute atomic E-state index is 11.9. The predicted molar refractivity (Wildman–Crippen MR) is 98.7 cm³/mol. The zero-order chi connectivity index (χ0) is 18.1. The molecule has 2 aromatic carbocycles. The number of hydrogen-bond acceptors (Lipinski definition) is 3. The van der Waals surface area contributed by atoms with E-state index in [9.17, 15) is 9.59 Å². The molecule has 5 heteroatoms. The Hall–Kier alpha value is -2.82. The van der Waals surface area contributed by atoms with Crippen LogP contribution in [0, 0.1) is 5.92 Å². The molecule has 132 valence electrons. The lowest BCUT2D eigenvalue weighted by Gasteiger charge is -2.09. The summed E-state index contributed by atoms with van der Waals surface area (Å²) in [4.78, 5) is 23.6. The van der Waals surface area contributed by atoms with Gasteiger partial charge in [-0.2, -0.15) is 0 Å². The number of anilines is 1. The van der Waals surface area contributed by atoms with Gasteiger partial charge >= 0.3 is 0 Å². The second kappa shape index (κ2) is 9.47. The molecule has 0 heterocycles. The molecular weight excluding hydrogens is 316 g/mol. The zero-order valence-electron chi connectivity index (χ0n) is 14.6. The number of para-hydroxylation sites is 1. The van der Waals surface area contributed by atoms with Gasteiger partial charge in [0.05, 0.1) is 0 Å². The molecule has 0 spiro atoms. The number of ether oxygens (including phenoxy) is 1. The number of rotatable bonds is 8. The minimum atomic E-state index is -0.334. The van der Waals surface area contributed by atoms with E-state index in [2.05, 4.69) is 24.5 Å². The van der Waals surface area contributed by atoms with Gasteiger partial charge in [0.2, 0.25) is 11.8 Å². The topological polar surface area (TPSA) is 67.4 Å². The molecule has 0 saturated carbocycles. The summed E-state index contributed by atoms with van der Waals surface area (Å²) >= 11 is 0. The maximum Gasteiger partial charge on any atom is 0.233 e. The first-order valence-corrected chi connectivity index (χ1v) is 8.42. The van der Waals surface area contributed by atoms with Crippen LogP contribution in [0.3, 0.4) is 0 Å². The van der Waals surface area contributed by atoms with Gasteiger partial charge in [0, 0.05) is 12.2 Å². The van der Waals surface area contributed by atoms with Crippen molar-refractivity contribution in [3.05, 3.63) is 54.6 Å². The summed E-state index contributed by atoms with van der Waals surface area (Å²) in [5.74, 6) is 1.35. The standard InChI is InChI=1S/C20H24N2O3/c1-15(2)12-13-21-19(23)14-20(24)22-16-8-10-18(11-9-16)25-17-6-4-3-5-7-17/h3-11,15H,12-14H2,1-2H3,(H,21,23)(H,22,24). The molecule has 0 bridgehead atoms. The van der Waals surface area contributed by atoms with Gasteiger partial charge in [0.25, 0.3) is 0 Å². The highest BCUT2D eigenvalue weighted by Crippen LogP contribution is 2.22. The van der Waals surface area contributed by atoms with Crippen molar-refractivity contribution in [1.29, 1.82) is 0 Å². The van der Waals surface area contributed by atoms with Gasteiger partial charge in [0.15, 0.2) is 0 Å². The Balaban J connectivity index is 1.78. The third-order valence-corrected chi connectivity index (χ3v) is 3.48. The summed E-state index contributed by atoms with van der Waals surface area (Å²) in [6, 6.07) is 16.5. The molecular formula is C20H24N2O3. The molecule has 2 aromatic rings. The highest BCUT2D eigenvalue weighted by Gasteiger charge is 2.09. The fourth-order valence-electron chi connectivity index (χ4n) is 2.14. The normalized spacial score (nSPS) is 10.4. The first kappa shape index (κ1) is 18.5. The molecule has 5 nitrogen and oxygen atoms in total. The van der Waals surface area contributed by atoms with Crippen molar-refractivity contribution in [2.24, 2.45) is 5.92 Å². The average molecular weight is 340 g/mol. The number of amides is 2. The van der Waals surface area contributed by atoms with Crippen molar-refractivity contribution in [1.82, 2.24) is 5.32 Å². The molecule has 2 rings (SSSR count). The van der Waals surface area contributed by atoms with Crippen LogP contribution in [0.2, 0.25) is 0 Å². The molecule has 0 saturated heterocycles. The van der Waals surface area contributed by atoms with Crippen LogP contribution in [-0.4, -0.2) is 18.4 Å². The van der Waals surface area contributed by atoms with Gasteiger partial charge in [0.1, 0.15) is 17.9 Å². The third-order valence-electron chi connectivity index (χ3n) is 3.48. The van der Waals surface area contributed by atoms with E-state index in [-0.39, 0.29) is 18.2 Å². The summed E-state index contributed by atoms with van der Waals surface area (Å²) in [7, 11) is 0. The van der Waals surface area contributed by atoms with Gasteiger partial charge < -0.3 is 15.4 Å². The van der Waals surface area contributed by atoms with Crippen LogP contribution in [0.15, 0.2) is 54.6 Å². The second-order valence-corrected chi connectivity index (χ2v) is 6.20. The van der Waals surface area contributed by atoms with E-state index in [0.717, 1.165) is 12.2 Å². The van der Waals surface area contributed by atoms with E-state index >= 15 is 0 Å². The average Bonchev–Trinajstić information content (AvgIpc) is 2.57. The van der Waals surface area contributed by atoms with E-state index in [0.29, 0.717) is 23.9 Å². The van der Waals surface area contributed by atoms with E-state index in [1.165, 1.54) is 0 Å². The summed E-state index contributed by atoms with van der Waals surface area (Å²) in [6.45, 7) is 4.77. The van der Waals surface area contributed by atoms with Crippen LogP contribution in [0.1, 0.15) is 26.7 Å². The minimum absolute atomic E-state index is 0.180. The minimum Gasteiger partial charge on any atom is -0.457 e. The Bertz CT molecular complexity index is 682. The molecule has 0 aliphatic rings. The maximum atomic E-state index is 11.9. The molecule has 2 N–H and O–H groups in total. The van der Waals surface area contributed by atoms with Crippen LogP contribution in [0.5, 0.6) is 11.5 Å². The number of carbonyl (C=O) groups excluding carboxylic acids is 2. The van der Waals surface area contributed by atoms with Gasteiger partial charge in [-0.05, 0) is 48.7 Å². The van der Waals surface area contributed by atoms with Crippen molar-refractivity contribution in [3.63, 3.8) is 0 Å². The lowest BCUT2D eigenvalue weighted by Crippen LogP contribution is -2.29. The van der Waals surface area contributed by atoms with Crippen LogP contribution in [-0.2, 0) is 9.59 Å². The van der Waals surface area contributed by atoms with Crippen LogP contribution < -0.4 is 15.4 Å². The highest BCUT2D eigenvalue weighted by molar-refractivity contribution is 6.03. The summed E-state index contributed by atoms with van der Waals surface area (Å²) in [6.07, 6.45) is 0.719. The summed E-state index contributed by atoms with van der Waals surface area (Å²) < 4.78 is 5.69. The third kappa shape index (κ3) is 7.08. The first-order chi connectivity index (χ1) is 12.0. The fraction of sp³-hybridized carbons (Fsp3) is 0.300. The Labute approximate surface area is 148 Å². The van der Waals surface area contributed by atoms with Gasteiger partial charge in [-0.3, -0.25) is 9.59 Å². The molecule has 0 unspecified atom stereocenters. The Morgan fingerprint density at radius 3 is 2.20 bits per heavy atom. The van der Waals surface area contributed by atoms with Crippen LogP contribution in [0.4, 0.5) is 5.69 Å². The number of hydrogen-bond donors (Lipinski definition) is 2. The molecule has 0 aromatic heterocycles. The monoisotopic (exact) mass is 340 g/mol. The van der Waals surface area contributed by atoms with E-state index in [4.69, 9.17) is 4.74 Å². The van der Waals surface area contributed by atoms with Crippen molar-refractivity contribution in [2.45, 2.75) is 26.7 Å². The van der Waals surface area contributed by atoms with E-state index in [1.54, 1.807) is 24.3 Å². The number of benzene rings is 2. The lowest BCUT2D eigenvalue weighted by molar-refractivity contribution is -0.126. The molecule has 0 fully saturated rings. The molecule has 0 atom stereocenters. The quantitative estimate of drug-likeness (QED) is 0.715. The number of nitrogens with one attached hydrogen (secondary N) is 2. The van der Waals surface area contributed by atoms with Crippen LogP contribution >= 0.6 is 0 Å². The van der Waals surface area contributed by atoms with Crippen molar-refractivity contribution >= 4 is 17.5 Å². The predicted octanol–water partition coefficient (Wildman–Crippen LogP) is 3.97. The van der Waals surface area contributed by atoms with E-state index in [1.807, 2.05) is 30.3 Å². The molecule has 2 amide bonds. The highest BCUT2D eigenvalue weighted by atomic mass is 16.5. The Kier molecular flexibility index (Phi) is 7.01. The van der Waals surface area contributed by atoms with Gasteiger partial charge in [-0.1, -0.05) is 32.0 Å². The van der Waals surface area contributed by atoms with Crippen LogP contribution in [0.25, 0.3) is 0 Å². The van der Waals surface area contributed by atoms with E-state index < -0.39 is 0 Å². The SMILES string of the molecule is CC(C)CCNC(=O)CC(=O)Nc1ccc(Oc2ccccc2)cc1. The summed E-state index contributed by atoms with van der Waals surface area (Å²) in [5.41, 5.74) is 0.625. The van der Waals surface area contributed by atoms with Crippen molar-refractivity contribution < 1.29 is 14.3 Å². The second-order valence-electron chi connectivity index (χ2n) is 6.20. The largest absolute Gasteiger partial charge is 0.457 e. The van der Waals surface area contributed by atoms with Crippen molar-refractivity contribution in [2.75, 3.05) is 11.9 Å². The van der Waals surface area contributed by atoms with Crippen molar-refractivity contribution in [3.8, 4) is 11.5 Å². The Morgan fingerprint density at radius 1 is 0.920 bits per heavy atom. The van der Waals surface area contributed by atoms with Gasteiger partial charge in [-0.15, -0.1) is 0 Å². The summed E-state index contributed by atoms with van der Waals surface area (Å²) in [5, 5.41) is 5.46. The number of carbonyl (C=O) groups is 2. The smallest absolute Gasteiger partial charge is 0.233 e. The molecule has 0 radical (unpaired) electrons.